The van der Waals surface area contributed by atoms with Gasteiger partial charge in [-0.3, -0.25) is 15.3 Å². The second kappa shape index (κ2) is 6.30. The lowest BCUT2D eigenvalue weighted by molar-refractivity contribution is 0.260. The van der Waals surface area contributed by atoms with Crippen LogP contribution in [0.15, 0.2) is 42.7 Å². The highest BCUT2D eigenvalue weighted by Crippen LogP contribution is 2.35. The highest BCUT2D eigenvalue weighted by atomic mass is 16.5. The molecule has 2 heterocycles. The van der Waals surface area contributed by atoms with E-state index in [0.29, 0.717) is 13.1 Å². The lowest BCUT2D eigenvalue weighted by atomic mass is 10.2. The molecule has 23 heavy (non-hydrogen) atoms. The molecule has 2 aromatic heterocycles. The predicted molar refractivity (Wildman–Crippen MR) is 91.4 cm³/mol. The normalized spacial score (nSPS) is 11.0. The molecule has 0 saturated heterocycles. The van der Waals surface area contributed by atoms with Gasteiger partial charge in [0.15, 0.2) is 0 Å². The molecule has 1 N–H and O–H groups in total. The molecule has 0 atom stereocenters. The molecule has 5 nitrogen and oxygen atoms in total. The quantitative estimate of drug-likeness (QED) is 0.731. The standard InChI is InChI=1S/C18H21N3O2/c1-4-21(22)18-13(2)20(12-14-6-5-9-19-11-14)17-8-7-15(23-3)10-16(17)18/h5-11,22H,4,12H2,1-3H3. The van der Waals surface area contributed by atoms with Gasteiger partial charge in [0.1, 0.15) is 5.75 Å². The van der Waals surface area contributed by atoms with Gasteiger partial charge in [-0.05, 0) is 43.7 Å². The van der Waals surface area contributed by atoms with Crippen LogP contribution in [-0.2, 0) is 6.54 Å². The van der Waals surface area contributed by atoms with Crippen LogP contribution in [0.4, 0.5) is 5.69 Å². The van der Waals surface area contributed by atoms with E-state index in [2.05, 4.69) is 15.6 Å². The molecule has 1 aromatic carbocycles. The summed E-state index contributed by atoms with van der Waals surface area (Å²) in [5.74, 6) is 0.779. The molecule has 0 fully saturated rings. The van der Waals surface area contributed by atoms with Crippen molar-refractivity contribution >= 4 is 16.6 Å². The molecule has 0 bridgehead atoms. The molecular formula is C18H21N3O2. The van der Waals surface area contributed by atoms with Crippen LogP contribution in [0.3, 0.4) is 0 Å². The van der Waals surface area contributed by atoms with Crippen LogP contribution >= 0.6 is 0 Å². The van der Waals surface area contributed by atoms with Crippen molar-refractivity contribution in [1.29, 1.82) is 0 Å². The number of ether oxygens (including phenoxy) is 1. The summed E-state index contributed by atoms with van der Waals surface area (Å²) in [4.78, 5) is 4.18. The number of benzene rings is 1. The molecule has 0 aliphatic rings. The lowest BCUT2D eigenvalue weighted by Crippen LogP contribution is -2.17. The van der Waals surface area contributed by atoms with Crippen molar-refractivity contribution < 1.29 is 9.94 Å². The molecule has 3 rings (SSSR count). The Balaban J connectivity index is 2.19. The van der Waals surface area contributed by atoms with Crippen molar-refractivity contribution in [3.8, 4) is 5.75 Å². The van der Waals surface area contributed by atoms with Gasteiger partial charge >= 0.3 is 0 Å². The first-order chi connectivity index (χ1) is 11.2. The zero-order chi connectivity index (χ0) is 16.4. The van der Waals surface area contributed by atoms with E-state index >= 15 is 0 Å². The van der Waals surface area contributed by atoms with Crippen molar-refractivity contribution in [3.63, 3.8) is 0 Å². The molecule has 3 aromatic rings. The molecule has 0 unspecified atom stereocenters. The molecule has 120 valence electrons. The number of anilines is 1. The van der Waals surface area contributed by atoms with Crippen LogP contribution in [-0.4, -0.2) is 28.4 Å². The molecule has 0 aliphatic carbocycles. The van der Waals surface area contributed by atoms with E-state index in [4.69, 9.17) is 4.74 Å². The number of rotatable bonds is 5. The third-order valence-corrected chi connectivity index (χ3v) is 4.12. The number of pyridine rings is 1. The topological polar surface area (TPSA) is 50.5 Å². The fourth-order valence-electron chi connectivity index (χ4n) is 2.93. The number of hydroxylamine groups is 1. The monoisotopic (exact) mass is 311 g/mol. The Kier molecular flexibility index (Phi) is 4.21. The molecule has 0 spiro atoms. The second-order valence-corrected chi connectivity index (χ2v) is 5.48. The largest absolute Gasteiger partial charge is 0.497 e. The van der Waals surface area contributed by atoms with Gasteiger partial charge in [-0.15, -0.1) is 0 Å². The Morgan fingerprint density at radius 1 is 1.30 bits per heavy atom. The first kappa shape index (κ1) is 15.4. The van der Waals surface area contributed by atoms with Crippen LogP contribution in [0, 0.1) is 6.92 Å². The number of hydrogen-bond donors (Lipinski definition) is 1. The summed E-state index contributed by atoms with van der Waals surface area (Å²) in [6.45, 7) is 5.17. The number of hydrogen-bond acceptors (Lipinski definition) is 4. The van der Waals surface area contributed by atoms with Crippen LogP contribution in [0.2, 0.25) is 0 Å². The summed E-state index contributed by atoms with van der Waals surface area (Å²) in [5.41, 5.74) is 4.03. The van der Waals surface area contributed by atoms with Crippen molar-refractivity contribution in [3.05, 3.63) is 54.0 Å². The van der Waals surface area contributed by atoms with Crippen LogP contribution in [0.25, 0.3) is 10.9 Å². The maximum Gasteiger partial charge on any atom is 0.119 e. The number of methoxy groups -OCH3 is 1. The minimum Gasteiger partial charge on any atom is -0.497 e. The van der Waals surface area contributed by atoms with E-state index in [1.807, 2.05) is 44.3 Å². The lowest BCUT2D eigenvalue weighted by Gasteiger charge is -2.15. The van der Waals surface area contributed by atoms with Crippen LogP contribution in [0.1, 0.15) is 18.2 Å². The molecule has 0 aliphatic heterocycles. The maximum absolute atomic E-state index is 10.3. The van der Waals surface area contributed by atoms with Gasteiger partial charge in [0.25, 0.3) is 0 Å². The van der Waals surface area contributed by atoms with Gasteiger partial charge in [-0.25, -0.2) is 0 Å². The first-order valence-electron chi connectivity index (χ1n) is 7.67. The summed E-state index contributed by atoms with van der Waals surface area (Å²) in [5, 5.41) is 12.6. The molecular weight excluding hydrogens is 290 g/mol. The Morgan fingerprint density at radius 2 is 2.13 bits per heavy atom. The average molecular weight is 311 g/mol. The fourth-order valence-corrected chi connectivity index (χ4v) is 2.93. The van der Waals surface area contributed by atoms with Crippen LogP contribution in [0.5, 0.6) is 5.75 Å². The van der Waals surface area contributed by atoms with Crippen molar-refractivity contribution in [2.75, 3.05) is 18.7 Å². The zero-order valence-corrected chi connectivity index (χ0v) is 13.7. The minimum absolute atomic E-state index is 0.518. The van der Waals surface area contributed by atoms with E-state index in [9.17, 15) is 5.21 Å². The molecule has 5 heteroatoms. The number of fused-ring (bicyclic) bond motifs is 1. The first-order valence-corrected chi connectivity index (χ1v) is 7.67. The van der Waals surface area contributed by atoms with E-state index in [1.54, 1.807) is 13.3 Å². The van der Waals surface area contributed by atoms with Gasteiger partial charge in [0.2, 0.25) is 0 Å². The predicted octanol–water partition coefficient (Wildman–Crippen LogP) is 3.62. The van der Waals surface area contributed by atoms with Gasteiger partial charge in [0.05, 0.1) is 18.3 Å². The van der Waals surface area contributed by atoms with Gasteiger partial charge < -0.3 is 9.30 Å². The summed E-state index contributed by atoms with van der Waals surface area (Å²) >= 11 is 0. The number of nitrogens with zero attached hydrogens (tertiary/aromatic N) is 3. The molecule has 0 amide bonds. The smallest absolute Gasteiger partial charge is 0.119 e. The summed E-state index contributed by atoms with van der Waals surface area (Å²) in [6.07, 6.45) is 3.64. The SMILES string of the molecule is CCN(O)c1c(C)n(Cc2cccnc2)c2ccc(OC)cc12. The Morgan fingerprint density at radius 3 is 2.78 bits per heavy atom. The third kappa shape index (κ3) is 2.75. The summed E-state index contributed by atoms with van der Waals surface area (Å²) < 4.78 is 7.53. The van der Waals surface area contributed by atoms with Gasteiger partial charge in [0, 0.05) is 36.6 Å². The van der Waals surface area contributed by atoms with Crippen molar-refractivity contribution in [1.82, 2.24) is 9.55 Å². The Hall–Kier alpha value is -2.53. The van der Waals surface area contributed by atoms with E-state index in [0.717, 1.165) is 33.6 Å². The van der Waals surface area contributed by atoms with Gasteiger partial charge in [-0.1, -0.05) is 6.07 Å². The highest BCUT2D eigenvalue weighted by Gasteiger charge is 2.18. The van der Waals surface area contributed by atoms with E-state index in [-0.39, 0.29) is 0 Å². The van der Waals surface area contributed by atoms with Crippen molar-refractivity contribution in [2.45, 2.75) is 20.4 Å². The van der Waals surface area contributed by atoms with Crippen molar-refractivity contribution in [2.24, 2.45) is 0 Å². The molecule has 0 radical (unpaired) electrons. The summed E-state index contributed by atoms with van der Waals surface area (Å²) in [7, 11) is 1.65. The minimum atomic E-state index is 0.518. The Bertz CT molecular complexity index is 812. The van der Waals surface area contributed by atoms with Crippen LogP contribution < -0.4 is 9.80 Å². The molecule has 0 saturated carbocycles. The number of aromatic nitrogens is 2. The average Bonchev–Trinajstić information content (AvgIpc) is 2.86. The van der Waals surface area contributed by atoms with E-state index < -0.39 is 0 Å². The summed E-state index contributed by atoms with van der Waals surface area (Å²) in [6, 6.07) is 9.93. The highest BCUT2D eigenvalue weighted by molar-refractivity contribution is 5.96. The van der Waals surface area contributed by atoms with E-state index in [1.165, 1.54) is 5.06 Å². The zero-order valence-electron chi connectivity index (χ0n) is 13.7. The maximum atomic E-state index is 10.3. The fraction of sp³-hybridized carbons (Fsp3) is 0.278. The van der Waals surface area contributed by atoms with Gasteiger partial charge in [-0.2, -0.15) is 0 Å². The Labute approximate surface area is 135 Å². The third-order valence-electron chi connectivity index (χ3n) is 4.12. The second-order valence-electron chi connectivity index (χ2n) is 5.48.